The molecule has 5 nitrogen and oxygen atoms in total. The predicted octanol–water partition coefficient (Wildman–Crippen LogP) is 6.00. The standard InChI is InChI=1S/C21H14Br2F2N2O3/c1-30-19-3-2-11(20(28)26-16-7-12(22)5-14(24)9-16)4-18(19)21(29)27-17-8-13(23)6-15(25)10-17/h2-10H,1H3,(H,26,28)(H,27,29). The molecule has 0 heterocycles. The summed E-state index contributed by atoms with van der Waals surface area (Å²) in [5.41, 5.74) is 0.708. The van der Waals surface area contributed by atoms with Crippen molar-refractivity contribution in [3.8, 4) is 5.75 Å². The van der Waals surface area contributed by atoms with E-state index < -0.39 is 23.4 Å². The van der Waals surface area contributed by atoms with Crippen LogP contribution in [0.2, 0.25) is 0 Å². The summed E-state index contributed by atoms with van der Waals surface area (Å²) in [5, 5.41) is 5.14. The molecule has 30 heavy (non-hydrogen) atoms. The lowest BCUT2D eigenvalue weighted by Crippen LogP contribution is -2.17. The zero-order valence-electron chi connectivity index (χ0n) is 15.4. The van der Waals surface area contributed by atoms with Gasteiger partial charge in [0.15, 0.2) is 0 Å². The summed E-state index contributed by atoms with van der Waals surface area (Å²) in [6.45, 7) is 0. The minimum Gasteiger partial charge on any atom is -0.496 e. The highest BCUT2D eigenvalue weighted by atomic mass is 79.9. The van der Waals surface area contributed by atoms with Gasteiger partial charge in [-0.15, -0.1) is 0 Å². The van der Waals surface area contributed by atoms with Gasteiger partial charge in [0.2, 0.25) is 0 Å². The highest BCUT2D eigenvalue weighted by Crippen LogP contribution is 2.25. The van der Waals surface area contributed by atoms with E-state index in [0.717, 1.165) is 6.07 Å². The van der Waals surface area contributed by atoms with Crippen LogP contribution in [0.25, 0.3) is 0 Å². The van der Waals surface area contributed by atoms with Crippen LogP contribution in [0.1, 0.15) is 20.7 Å². The number of anilines is 2. The summed E-state index contributed by atoms with van der Waals surface area (Å²) >= 11 is 6.32. The monoisotopic (exact) mass is 538 g/mol. The molecule has 9 heteroatoms. The number of amides is 2. The molecular weight excluding hydrogens is 526 g/mol. The second kappa shape index (κ2) is 9.36. The van der Waals surface area contributed by atoms with E-state index in [4.69, 9.17) is 4.74 Å². The maximum atomic E-state index is 13.6. The molecule has 0 bridgehead atoms. The summed E-state index contributed by atoms with van der Waals surface area (Å²) < 4.78 is 33.2. The number of carbonyl (C=O) groups is 2. The first-order valence-corrected chi connectivity index (χ1v) is 10.1. The minimum atomic E-state index is -0.590. The van der Waals surface area contributed by atoms with Crippen molar-refractivity contribution >= 4 is 55.0 Å². The lowest BCUT2D eigenvalue weighted by Gasteiger charge is -2.12. The van der Waals surface area contributed by atoms with Crippen LogP contribution in [-0.2, 0) is 0 Å². The molecule has 0 aliphatic heterocycles. The van der Waals surface area contributed by atoms with Crippen LogP contribution in [0.3, 0.4) is 0 Å². The van der Waals surface area contributed by atoms with Gasteiger partial charge in [-0.1, -0.05) is 31.9 Å². The maximum absolute atomic E-state index is 13.6. The Labute approximate surface area is 187 Å². The number of hydrogen-bond acceptors (Lipinski definition) is 3. The molecular formula is C21H14Br2F2N2O3. The highest BCUT2D eigenvalue weighted by Gasteiger charge is 2.17. The van der Waals surface area contributed by atoms with Crippen LogP contribution < -0.4 is 15.4 Å². The van der Waals surface area contributed by atoms with Gasteiger partial charge in [-0.25, -0.2) is 8.78 Å². The molecule has 154 valence electrons. The average molecular weight is 540 g/mol. The summed E-state index contributed by atoms with van der Waals surface area (Å²) in [5.74, 6) is -1.95. The molecule has 0 radical (unpaired) electrons. The fourth-order valence-electron chi connectivity index (χ4n) is 2.68. The number of methoxy groups -OCH3 is 1. The van der Waals surface area contributed by atoms with E-state index in [9.17, 15) is 18.4 Å². The van der Waals surface area contributed by atoms with Crippen molar-refractivity contribution in [2.24, 2.45) is 0 Å². The predicted molar refractivity (Wildman–Crippen MR) is 117 cm³/mol. The lowest BCUT2D eigenvalue weighted by molar-refractivity contribution is 0.102. The molecule has 0 aliphatic carbocycles. The maximum Gasteiger partial charge on any atom is 0.259 e. The van der Waals surface area contributed by atoms with Crippen LogP contribution in [0.4, 0.5) is 20.2 Å². The molecule has 0 aliphatic rings. The molecule has 3 aromatic rings. The van der Waals surface area contributed by atoms with Gasteiger partial charge in [0.1, 0.15) is 17.4 Å². The first kappa shape index (κ1) is 21.9. The first-order chi connectivity index (χ1) is 14.2. The number of rotatable bonds is 5. The summed E-state index contributed by atoms with van der Waals surface area (Å²) in [7, 11) is 1.38. The van der Waals surface area contributed by atoms with Crippen LogP contribution in [0, 0.1) is 11.6 Å². The van der Waals surface area contributed by atoms with Crippen molar-refractivity contribution in [3.63, 3.8) is 0 Å². The molecule has 3 aromatic carbocycles. The fraction of sp³-hybridized carbons (Fsp3) is 0.0476. The van der Waals surface area contributed by atoms with Gasteiger partial charge in [0, 0.05) is 25.9 Å². The quantitative estimate of drug-likeness (QED) is 0.417. The molecule has 0 fully saturated rings. The van der Waals surface area contributed by atoms with Crippen molar-refractivity contribution in [2.45, 2.75) is 0 Å². The number of carbonyl (C=O) groups excluding carboxylic acids is 2. The summed E-state index contributed by atoms with van der Waals surface area (Å²) in [6, 6.07) is 12.2. The Morgan fingerprint density at radius 2 is 1.33 bits per heavy atom. The van der Waals surface area contributed by atoms with Crippen molar-refractivity contribution in [2.75, 3.05) is 17.7 Å². The van der Waals surface area contributed by atoms with Crippen LogP contribution >= 0.6 is 31.9 Å². The van der Waals surface area contributed by atoms with E-state index in [1.54, 1.807) is 6.07 Å². The van der Waals surface area contributed by atoms with Crippen molar-refractivity contribution in [3.05, 3.63) is 86.3 Å². The van der Waals surface area contributed by atoms with Gasteiger partial charge in [-0.2, -0.15) is 0 Å². The molecule has 0 unspecified atom stereocenters. The average Bonchev–Trinajstić information content (AvgIpc) is 2.65. The van der Waals surface area contributed by atoms with Crippen molar-refractivity contribution in [1.82, 2.24) is 0 Å². The first-order valence-electron chi connectivity index (χ1n) is 8.48. The van der Waals surface area contributed by atoms with E-state index >= 15 is 0 Å². The van der Waals surface area contributed by atoms with E-state index in [0.29, 0.717) is 8.95 Å². The third kappa shape index (κ3) is 5.43. The van der Waals surface area contributed by atoms with Crippen molar-refractivity contribution < 1.29 is 23.1 Å². The number of benzene rings is 3. The Bertz CT molecular complexity index is 1100. The molecule has 0 saturated carbocycles. The molecule has 2 N–H and O–H groups in total. The third-order valence-corrected chi connectivity index (χ3v) is 4.86. The van der Waals surface area contributed by atoms with E-state index in [1.807, 2.05) is 0 Å². The zero-order chi connectivity index (χ0) is 21.8. The van der Waals surface area contributed by atoms with Crippen LogP contribution in [0.15, 0.2) is 63.5 Å². The molecule has 0 aromatic heterocycles. The van der Waals surface area contributed by atoms with Gasteiger partial charge >= 0.3 is 0 Å². The number of nitrogens with one attached hydrogen (secondary N) is 2. The Morgan fingerprint density at radius 1 is 0.800 bits per heavy atom. The van der Waals surface area contributed by atoms with Crippen molar-refractivity contribution in [1.29, 1.82) is 0 Å². The number of ether oxygens (including phenoxy) is 1. The minimum absolute atomic E-state index is 0.0750. The topological polar surface area (TPSA) is 67.4 Å². The second-order valence-corrected chi connectivity index (χ2v) is 7.97. The van der Waals surface area contributed by atoms with Crippen LogP contribution in [-0.4, -0.2) is 18.9 Å². The number of halogens is 4. The second-order valence-electron chi connectivity index (χ2n) is 6.14. The largest absolute Gasteiger partial charge is 0.496 e. The van der Waals surface area contributed by atoms with Crippen LogP contribution in [0.5, 0.6) is 5.75 Å². The molecule has 3 rings (SSSR count). The zero-order valence-corrected chi connectivity index (χ0v) is 18.6. The molecule has 0 saturated heterocycles. The Hall–Kier alpha value is -2.78. The Balaban J connectivity index is 1.87. The van der Waals surface area contributed by atoms with Gasteiger partial charge in [0.05, 0.1) is 12.7 Å². The summed E-state index contributed by atoms with van der Waals surface area (Å²) in [6.07, 6.45) is 0. The number of hydrogen-bond donors (Lipinski definition) is 2. The highest BCUT2D eigenvalue weighted by molar-refractivity contribution is 9.10. The molecule has 0 spiro atoms. The molecule has 0 atom stereocenters. The van der Waals surface area contributed by atoms with Gasteiger partial charge in [0.25, 0.3) is 11.8 Å². The van der Waals surface area contributed by atoms with Gasteiger partial charge < -0.3 is 15.4 Å². The van der Waals surface area contributed by atoms with Gasteiger partial charge in [-0.05, 0) is 54.6 Å². The third-order valence-electron chi connectivity index (χ3n) is 3.95. The van der Waals surface area contributed by atoms with E-state index in [-0.39, 0.29) is 28.3 Å². The smallest absolute Gasteiger partial charge is 0.259 e. The summed E-state index contributed by atoms with van der Waals surface area (Å²) in [4.78, 5) is 25.3. The van der Waals surface area contributed by atoms with E-state index in [2.05, 4.69) is 42.5 Å². The molecule has 2 amide bonds. The SMILES string of the molecule is COc1ccc(C(=O)Nc2cc(F)cc(Br)c2)cc1C(=O)Nc1cc(F)cc(Br)c1. The fourth-order valence-corrected chi connectivity index (χ4v) is 3.61. The van der Waals surface area contributed by atoms with E-state index in [1.165, 1.54) is 49.6 Å². The normalized spacial score (nSPS) is 10.4. The Morgan fingerprint density at radius 3 is 1.83 bits per heavy atom. The lowest BCUT2D eigenvalue weighted by atomic mass is 10.1. The van der Waals surface area contributed by atoms with Gasteiger partial charge in [-0.3, -0.25) is 9.59 Å². The Kier molecular flexibility index (Phi) is 6.84.